The predicted molar refractivity (Wildman–Crippen MR) is 78.5 cm³/mol. The molecule has 0 aliphatic carbocycles. The van der Waals surface area contributed by atoms with Gasteiger partial charge in [-0.15, -0.1) is 5.10 Å². The Labute approximate surface area is 129 Å². The summed E-state index contributed by atoms with van der Waals surface area (Å²) in [5.74, 6) is -0.0894. The molecule has 22 heavy (non-hydrogen) atoms. The van der Waals surface area contributed by atoms with Crippen LogP contribution in [-0.2, 0) is 11.8 Å². The highest BCUT2D eigenvalue weighted by Crippen LogP contribution is 2.32. The van der Waals surface area contributed by atoms with Crippen LogP contribution < -0.4 is 4.90 Å². The van der Waals surface area contributed by atoms with Crippen LogP contribution in [0.4, 0.5) is 11.4 Å². The van der Waals surface area contributed by atoms with Crippen LogP contribution in [0.1, 0.15) is 6.42 Å². The molecule has 1 fully saturated rings. The molecule has 1 saturated heterocycles. The summed E-state index contributed by atoms with van der Waals surface area (Å²) in [4.78, 5) is 24.4. The molecule has 1 aromatic heterocycles. The quantitative estimate of drug-likeness (QED) is 0.611. The van der Waals surface area contributed by atoms with E-state index < -0.39 is 4.92 Å². The molecule has 114 valence electrons. The van der Waals surface area contributed by atoms with Crippen molar-refractivity contribution >= 4 is 29.0 Å². The Morgan fingerprint density at radius 1 is 1.45 bits per heavy atom. The third-order valence-corrected chi connectivity index (χ3v) is 4.62. The molecular formula is C12H12N6O3S. The van der Waals surface area contributed by atoms with Crippen LogP contribution in [0.5, 0.6) is 0 Å². The first-order valence-corrected chi connectivity index (χ1v) is 7.39. The molecule has 0 spiro atoms. The highest BCUT2D eigenvalue weighted by Gasteiger charge is 2.34. The number of rotatable bonds is 4. The summed E-state index contributed by atoms with van der Waals surface area (Å²) in [6.07, 6.45) is 0.638. The minimum atomic E-state index is -0.471. The van der Waals surface area contributed by atoms with E-state index in [2.05, 4.69) is 15.5 Å². The third kappa shape index (κ3) is 2.64. The van der Waals surface area contributed by atoms with Gasteiger partial charge in [-0.25, -0.2) is 4.68 Å². The van der Waals surface area contributed by atoms with E-state index in [-0.39, 0.29) is 16.8 Å². The number of non-ortho nitro benzene ring substituents is 1. The predicted octanol–water partition coefficient (Wildman–Crippen LogP) is 1.02. The number of aryl methyl sites for hydroxylation is 1. The van der Waals surface area contributed by atoms with Crippen molar-refractivity contribution in [1.82, 2.24) is 20.2 Å². The van der Waals surface area contributed by atoms with Crippen LogP contribution in [0.15, 0.2) is 29.4 Å². The molecule has 2 heterocycles. The summed E-state index contributed by atoms with van der Waals surface area (Å²) in [7, 11) is 1.71. The van der Waals surface area contributed by atoms with Crippen molar-refractivity contribution in [3.8, 4) is 0 Å². The van der Waals surface area contributed by atoms with Crippen molar-refractivity contribution in [3.05, 3.63) is 34.4 Å². The number of thioether (sulfide) groups is 1. The van der Waals surface area contributed by atoms with Gasteiger partial charge in [0.2, 0.25) is 11.1 Å². The molecule has 1 unspecified atom stereocenters. The first-order valence-electron chi connectivity index (χ1n) is 6.51. The van der Waals surface area contributed by atoms with Crippen LogP contribution in [0, 0.1) is 10.1 Å². The molecular weight excluding hydrogens is 308 g/mol. The average molecular weight is 320 g/mol. The number of hydrogen-bond donors (Lipinski definition) is 0. The highest BCUT2D eigenvalue weighted by atomic mass is 32.2. The Morgan fingerprint density at radius 3 is 2.95 bits per heavy atom. The Kier molecular flexibility index (Phi) is 3.75. The Bertz CT molecular complexity index is 733. The summed E-state index contributed by atoms with van der Waals surface area (Å²) < 4.78 is 1.51. The lowest BCUT2D eigenvalue weighted by molar-refractivity contribution is -0.384. The fourth-order valence-corrected chi connectivity index (χ4v) is 3.22. The van der Waals surface area contributed by atoms with Gasteiger partial charge in [0.1, 0.15) is 0 Å². The summed E-state index contributed by atoms with van der Waals surface area (Å²) in [6, 6.07) is 6.09. The van der Waals surface area contributed by atoms with Crippen molar-refractivity contribution in [1.29, 1.82) is 0 Å². The number of tetrazole rings is 1. The van der Waals surface area contributed by atoms with E-state index in [0.29, 0.717) is 23.8 Å². The molecule has 2 aromatic rings. The molecule has 1 amide bonds. The number of aromatic nitrogens is 4. The van der Waals surface area contributed by atoms with E-state index in [4.69, 9.17) is 0 Å². The normalized spacial score (nSPS) is 18.0. The summed E-state index contributed by atoms with van der Waals surface area (Å²) in [5, 5.41) is 22.2. The van der Waals surface area contributed by atoms with Gasteiger partial charge in [-0.05, 0) is 22.9 Å². The summed E-state index contributed by atoms with van der Waals surface area (Å²) in [5.41, 5.74) is 0.511. The lowest BCUT2D eigenvalue weighted by atomic mass is 10.2. The van der Waals surface area contributed by atoms with Crippen molar-refractivity contribution in [2.45, 2.75) is 16.8 Å². The zero-order chi connectivity index (χ0) is 15.7. The third-order valence-electron chi connectivity index (χ3n) is 3.34. The van der Waals surface area contributed by atoms with E-state index in [0.717, 1.165) is 0 Å². The minimum absolute atomic E-state index is 0.0288. The molecule has 3 rings (SSSR count). The van der Waals surface area contributed by atoms with Gasteiger partial charge in [0, 0.05) is 25.7 Å². The maximum atomic E-state index is 12.5. The number of benzene rings is 1. The summed E-state index contributed by atoms with van der Waals surface area (Å²) >= 11 is 1.30. The molecule has 10 heteroatoms. The first-order chi connectivity index (χ1) is 10.6. The topological polar surface area (TPSA) is 107 Å². The van der Waals surface area contributed by atoms with Crippen molar-refractivity contribution < 1.29 is 9.72 Å². The zero-order valence-corrected chi connectivity index (χ0v) is 12.4. The van der Waals surface area contributed by atoms with Crippen LogP contribution in [0.3, 0.4) is 0 Å². The van der Waals surface area contributed by atoms with Crippen LogP contribution >= 0.6 is 11.8 Å². The van der Waals surface area contributed by atoms with Crippen molar-refractivity contribution in [3.63, 3.8) is 0 Å². The van der Waals surface area contributed by atoms with E-state index >= 15 is 0 Å². The van der Waals surface area contributed by atoms with Crippen LogP contribution in [0.25, 0.3) is 0 Å². The maximum Gasteiger partial charge on any atom is 0.271 e. The van der Waals surface area contributed by atoms with Gasteiger partial charge >= 0.3 is 0 Å². The number of nitro groups is 1. The number of carbonyl (C=O) groups excluding carboxylic acids is 1. The summed E-state index contributed by atoms with van der Waals surface area (Å²) in [6.45, 7) is 0.517. The first kappa shape index (κ1) is 14.4. The van der Waals surface area contributed by atoms with Gasteiger partial charge in [0.05, 0.1) is 15.9 Å². The maximum absolute atomic E-state index is 12.5. The Morgan fingerprint density at radius 2 is 2.27 bits per heavy atom. The second-order valence-electron chi connectivity index (χ2n) is 4.75. The molecule has 9 nitrogen and oxygen atoms in total. The van der Waals surface area contributed by atoms with Crippen LogP contribution in [0.2, 0.25) is 0 Å². The second-order valence-corrected chi connectivity index (χ2v) is 5.92. The number of carbonyl (C=O) groups is 1. The van der Waals surface area contributed by atoms with Gasteiger partial charge in [0.15, 0.2) is 0 Å². The monoisotopic (exact) mass is 320 g/mol. The Balaban J connectivity index is 1.77. The van der Waals surface area contributed by atoms with Crippen molar-refractivity contribution in [2.24, 2.45) is 7.05 Å². The van der Waals surface area contributed by atoms with E-state index in [9.17, 15) is 14.9 Å². The second kappa shape index (κ2) is 5.72. The van der Waals surface area contributed by atoms with Gasteiger partial charge < -0.3 is 4.90 Å². The fourth-order valence-electron chi connectivity index (χ4n) is 2.24. The lowest BCUT2D eigenvalue weighted by Crippen LogP contribution is -2.28. The zero-order valence-electron chi connectivity index (χ0n) is 11.6. The lowest BCUT2D eigenvalue weighted by Gasteiger charge is -2.16. The average Bonchev–Trinajstić information content (AvgIpc) is 3.07. The molecule has 1 aliphatic rings. The number of nitrogens with zero attached hydrogens (tertiary/aromatic N) is 6. The van der Waals surface area contributed by atoms with Gasteiger partial charge in [-0.2, -0.15) is 0 Å². The number of amides is 1. The number of anilines is 1. The Hall–Kier alpha value is -2.49. The SMILES string of the molecule is Cn1nnnc1SC1CCN(c2cccc([N+](=O)[O-])c2)C1=O. The standard InChI is InChI=1S/C12H12N6O3S/c1-16-12(13-14-15-16)22-10-5-6-17(11(10)19)8-3-2-4-9(7-8)18(20)21/h2-4,7,10H,5-6H2,1H3. The van der Waals surface area contributed by atoms with Gasteiger partial charge in [0.25, 0.3) is 5.69 Å². The number of nitro benzene ring substituents is 1. The van der Waals surface area contributed by atoms with Crippen molar-refractivity contribution in [2.75, 3.05) is 11.4 Å². The van der Waals surface area contributed by atoms with Crippen LogP contribution in [-0.4, -0.2) is 42.8 Å². The molecule has 1 aliphatic heterocycles. The smallest absolute Gasteiger partial charge is 0.271 e. The molecule has 0 radical (unpaired) electrons. The largest absolute Gasteiger partial charge is 0.311 e. The molecule has 0 saturated carbocycles. The molecule has 1 aromatic carbocycles. The molecule has 0 bridgehead atoms. The van der Waals surface area contributed by atoms with Gasteiger partial charge in [-0.1, -0.05) is 17.8 Å². The molecule has 0 N–H and O–H groups in total. The fraction of sp³-hybridized carbons (Fsp3) is 0.333. The highest BCUT2D eigenvalue weighted by molar-refractivity contribution is 8.00. The van der Waals surface area contributed by atoms with Gasteiger partial charge in [-0.3, -0.25) is 14.9 Å². The van der Waals surface area contributed by atoms with E-state index in [1.165, 1.54) is 28.6 Å². The van der Waals surface area contributed by atoms with E-state index in [1.54, 1.807) is 24.1 Å². The molecule has 1 atom stereocenters. The minimum Gasteiger partial charge on any atom is -0.311 e. The number of hydrogen-bond acceptors (Lipinski definition) is 7. The van der Waals surface area contributed by atoms with E-state index in [1.807, 2.05) is 0 Å².